The van der Waals surface area contributed by atoms with Crippen LogP contribution in [0, 0.1) is 5.92 Å². The molecule has 3 nitrogen and oxygen atoms in total. The summed E-state index contributed by atoms with van der Waals surface area (Å²) in [5.41, 5.74) is 0.262. The van der Waals surface area contributed by atoms with Crippen molar-refractivity contribution in [2.75, 3.05) is 26.7 Å². The van der Waals surface area contributed by atoms with Crippen molar-refractivity contribution in [1.82, 2.24) is 15.1 Å². The van der Waals surface area contributed by atoms with Crippen molar-refractivity contribution in [2.24, 2.45) is 5.92 Å². The van der Waals surface area contributed by atoms with Gasteiger partial charge in [0, 0.05) is 36.8 Å². The molecule has 0 aliphatic carbocycles. The summed E-state index contributed by atoms with van der Waals surface area (Å²) in [4.78, 5) is 5.33. The Hall–Kier alpha value is -0.120. The highest BCUT2D eigenvalue weighted by Crippen LogP contribution is 2.28. The second-order valence-electron chi connectivity index (χ2n) is 7.76. The van der Waals surface area contributed by atoms with Gasteiger partial charge in [0.1, 0.15) is 0 Å². The summed E-state index contributed by atoms with van der Waals surface area (Å²) in [6.07, 6.45) is 2.66. The molecule has 0 aromatic rings. The zero-order valence-corrected chi connectivity index (χ0v) is 13.7. The maximum atomic E-state index is 3.73. The van der Waals surface area contributed by atoms with Crippen molar-refractivity contribution in [2.45, 2.75) is 71.1 Å². The summed E-state index contributed by atoms with van der Waals surface area (Å²) in [5, 5.41) is 3.73. The third kappa shape index (κ3) is 3.50. The molecule has 0 amide bonds. The Balaban J connectivity index is 2.09. The molecule has 2 saturated heterocycles. The van der Waals surface area contributed by atoms with Gasteiger partial charge in [-0.3, -0.25) is 4.90 Å². The summed E-state index contributed by atoms with van der Waals surface area (Å²) in [6, 6.07) is 2.21. The molecule has 2 aliphatic rings. The van der Waals surface area contributed by atoms with Gasteiger partial charge >= 0.3 is 0 Å². The van der Waals surface area contributed by atoms with E-state index < -0.39 is 0 Å². The van der Waals surface area contributed by atoms with Crippen molar-refractivity contribution in [3.05, 3.63) is 0 Å². The number of hydrogen-bond acceptors (Lipinski definition) is 3. The van der Waals surface area contributed by atoms with Gasteiger partial charge in [-0.05, 0) is 53.1 Å². The molecule has 19 heavy (non-hydrogen) atoms. The minimum Gasteiger partial charge on any atom is -0.309 e. The smallest absolute Gasteiger partial charge is 0.0253 e. The highest BCUT2D eigenvalue weighted by Gasteiger charge is 2.39. The predicted molar refractivity (Wildman–Crippen MR) is 82.5 cm³/mol. The van der Waals surface area contributed by atoms with Gasteiger partial charge in [-0.15, -0.1) is 0 Å². The first kappa shape index (κ1) is 15.3. The van der Waals surface area contributed by atoms with E-state index in [-0.39, 0.29) is 5.54 Å². The number of nitrogens with zero attached hydrogens (tertiary/aromatic N) is 2. The van der Waals surface area contributed by atoms with Crippen LogP contribution in [0.3, 0.4) is 0 Å². The van der Waals surface area contributed by atoms with Crippen LogP contribution in [0.15, 0.2) is 0 Å². The fourth-order valence-corrected chi connectivity index (χ4v) is 3.71. The van der Waals surface area contributed by atoms with E-state index in [0.717, 1.165) is 24.5 Å². The van der Waals surface area contributed by atoms with Gasteiger partial charge in [-0.25, -0.2) is 0 Å². The van der Waals surface area contributed by atoms with Gasteiger partial charge in [-0.2, -0.15) is 0 Å². The zero-order valence-electron chi connectivity index (χ0n) is 13.7. The molecule has 2 heterocycles. The lowest BCUT2D eigenvalue weighted by atomic mass is 9.88. The van der Waals surface area contributed by atoms with Crippen LogP contribution < -0.4 is 5.32 Å². The summed E-state index contributed by atoms with van der Waals surface area (Å²) in [7, 11) is 2.27. The first-order chi connectivity index (χ1) is 8.80. The number of nitrogens with one attached hydrogen (secondary N) is 1. The lowest BCUT2D eigenvalue weighted by Crippen LogP contribution is -2.66. The SMILES string of the molecule is CC(C)C1CNC(C)(C)CN1C1CCN(C)C(C)C1. The Labute approximate surface area is 119 Å². The molecule has 2 fully saturated rings. The van der Waals surface area contributed by atoms with Crippen molar-refractivity contribution >= 4 is 0 Å². The molecule has 3 unspecified atom stereocenters. The fraction of sp³-hybridized carbons (Fsp3) is 1.00. The molecular formula is C16H33N3. The van der Waals surface area contributed by atoms with Gasteiger partial charge in [0.25, 0.3) is 0 Å². The van der Waals surface area contributed by atoms with Crippen LogP contribution in [0.5, 0.6) is 0 Å². The maximum absolute atomic E-state index is 3.73. The summed E-state index contributed by atoms with van der Waals surface area (Å²) >= 11 is 0. The van der Waals surface area contributed by atoms with Crippen molar-refractivity contribution in [3.8, 4) is 0 Å². The molecule has 0 spiro atoms. The first-order valence-electron chi connectivity index (χ1n) is 8.01. The van der Waals surface area contributed by atoms with Crippen molar-refractivity contribution in [3.63, 3.8) is 0 Å². The van der Waals surface area contributed by atoms with E-state index in [1.54, 1.807) is 0 Å². The van der Waals surface area contributed by atoms with Crippen LogP contribution in [-0.4, -0.2) is 60.1 Å². The van der Waals surface area contributed by atoms with Crippen molar-refractivity contribution < 1.29 is 0 Å². The quantitative estimate of drug-likeness (QED) is 0.827. The van der Waals surface area contributed by atoms with E-state index in [9.17, 15) is 0 Å². The van der Waals surface area contributed by atoms with Crippen LogP contribution in [0.4, 0.5) is 0 Å². The van der Waals surface area contributed by atoms with E-state index in [4.69, 9.17) is 0 Å². The van der Waals surface area contributed by atoms with Crippen LogP contribution >= 0.6 is 0 Å². The van der Waals surface area contributed by atoms with Gasteiger partial charge in [0.15, 0.2) is 0 Å². The van der Waals surface area contributed by atoms with E-state index in [0.29, 0.717) is 6.04 Å². The highest BCUT2D eigenvalue weighted by atomic mass is 15.3. The highest BCUT2D eigenvalue weighted by molar-refractivity contribution is 4.97. The Morgan fingerprint density at radius 2 is 1.95 bits per heavy atom. The van der Waals surface area contributed by atoms with Gasteiger partial charge in [0.2, 0.25) is 0 Å². The second kappa shape index (κ2) is 5.71. The number of likely N-dealkylation sites (tertiary alicyclic amines) is 1. The minimum atomic E-state index is 0.262. The normalized spacial score (nSPS) is 37.7. The van der Waals surface area contributed by atoms with Crippen molar-refractivity contribution in [1.29, 1.82) is 0 Å². The predicted octanol–water partition coefficient (Wildman–Crippen LogP) is 2.18. The lowest BCUT2D eigenvalue weighted by Gasteiger charge is -2.52. The standard InChI is InChI=1S/C16H33N3/c1-12(2)15-10-17-16(4,5)11-19(15)14-7-8-18(6)13(3)9-14/h12-15,17H,7-11H2,1-6H3. The van der Waals surface area contributed by atoms with E-state index in [1.807, 2.05) is 0 Å². The maximum Gasteiger partial charge on any atom is 0.0253 e. The van der Waals surface area contributed by atoms with Gasteiger partial charge in [-0.1, -0.05) is 13.8 Å². The molecule has 0 aromatic carbocycles. The molecule has 0 saturated carbocycles. The topological polar surface area (TPSA) is 18.5 Å². The molecule has 112 valence electrons. The van der Waals surface area contributed by atoms with E-state index in [1.165, 1.54) is 25.9 Å². The van der Waals surface area contributed by atoms with Gasteiger partial charge < -0.3 is 10.2 Å². The Morgan fingerprint density at radius 3 is 2.53 bits per heavy atom. The van der Waals surface area contributed by atoms with Crippen LogP contribution in [0.1, 0.15) is 47.5 Å². The van der Waals surface area contributed by atoms with Crippen LogP contribution in [-0.2, 0) is 0 Å². The van der Waals surface area contributed by atoms with E-state index >= 15 is 0 Å². The molecule has 3 heteroatoms. The van der Waals surface area contributed by atoms with Crippen LogP contribution in [0.2, 0.25) is 0 Å². The second-order valence-corrected chi connectivity index (χ2v) is 7.76. The number of rotatable bonds is 2. The molecule has 2 aliphatic heterocycles. The molecule has 0 bridgehead atoms. The average Bonchev–Trinajstić information content (AvgIpc) is 2.31. The summed E-state index contributed by atoms with van der Waals surface area (Å²) in [5.74, 6) is 0.735. The monoisotopic (exact) mass is 267 g/mol. The molecule has 1 N–H and O–H groups in total. The zero-order chi connectivity index (χ0) is 14.2. The molecule has 3 atom stereocenters. The summed E-state index contributed by atoms with van der Waals surface area (Å²) < 4.78 is 0. The number of hydrogen-bond donors (Lipinski definition) is 1. The Morgan fingerprint density at radius 1 is 1.26 bits per heavy atom. The molecule has 2 rings (SSSR count). The first-order valence-corrected chi connectivity index (χ1v) is 8.01. The Bertz CT molecular complexity index is 300. The van der Waals surface area contributed by atoms with Gasteiger partial charge in [0.05, 0.1) is 0 Å². The largest absolute Gasteiger partial charge is 0.309 e. The third-order valence-corrected chi connectivity index (χ3v) is 5.21. The lowest BCUT2D eigenvalue weighted by molar-refractivity contribution is -0.00202. The fourth-order valence-electron chi connectivity index (χ4n) is 3.71. The third-order valence-electron chi connectivity index (χ3n) is 5.21. The minimum absolute atomic E-state index is 0.262. The average molecular weight is 267 g/mol. The number of piperazine rings is 1. The molecule has 0 radical (unpaired) electrons. The summed E-state index contributed by atoms with van der Waals surface area (Å²) in [6.45, 7) is 15.4. The molecule has 0 aromatic heterocycles. The number of piperidine rings is 1. The molecular weight excluding hydrogens is 234 g/mol. The Kier molecular flexibility index (Phi) is 4.59. The van der Waals surface area contributed by atoms with Crippen LogP contribution in [0.25, 0.3) is 0 Å². The van der Waals surface area contributed by atoms with E-state index in [2.05, 4.69) is 56.8 Å².